The zero-order valence-electron chi connectivity index (χ0n) is 47.2. The average Bonchev–Trinajstić information content (AvgIpc) is 3.30. The standard InChI is InChI=1S/C20H34O6.C16H26O6.C13H22O4.C7H14O3/c1-6-7-8-9-10-11-13-24-18(22)15-16(2)19(23)25-14-12-17(21)26-20(3,4)5;1-3-4-5-6-7-8-10-21-15(19)12-13(2)16(20)22-11-9-14(17)18;1-3-4-5-6-7-8-9-17-12(14)10-11(2)13(15)16;1-7(2,3)10-6(9)4-5-8/h2,6-15H2,1,3-5H3;2-12H2,1H3,(H,17,18);2-10H2,1H3,(H,15,16);8H,4-5H2,1-3H3. The molecule has 0 amide bonds. The van der Waals surface area contributed by atoms with Gasteiger partial charge in [-0.15, -0.1) is 0 Å². The second-order valence-electron chi connectivity index (χ2n) is 19.4. The molecule has 0 aliphatic carbocycles. The van der Waals surface area contributed by atoms with Gasteiger partial charge in [-0.2, -0.15) is 0 Å². The van der Waals surface area contributed by atoms with Crippen LogP contribution in [-0.4, -0.2) is 120 Å². The highest BCUT2D eigenvalue weighted by Crippen LogP contribution is 2.12. The van der Waals surface area contributed by atoms with Crippen LogP contribution >= 0.6 is 0 Å². The van der Waals surface area contributed by atoms with Gasteiger partial charge in [0, 0.05) is 16.7 Å². The summed E-state index contributed by atoms with van der Waals surface area (Å²) in [5, 5.41) is 25.3. The van der Waals surface area contributed by atoms with Crippen LogP contribution in [0.25, 0.3) is 0 Å². The molecule has 0 aromatic carbocycles. The molecule has 0 aliphatic heterocycles. The number of aliphatic hydroxyl groups excluding tert-OH is 1. The Kier molecular flexibility index (Phi) is 49.9. The van der Waals surface area contributed by atoms with E-state index in [1.54, 1.807) is 41.5 Å². The van der Waals surface area contributed by atoms with Gasteiger partial charge in [-0.1, -0.05) is 137 Å². The van der Waals surface area contributed by atoms with E-state index >= 15 is 0 Å². The summed E-state index contributed by atoms with van der Waals surface area (Å²) < 4.78 is 34.6. The van der Waals surface area contributed by atoms with Crippen LogP contribution in [0.5, 0.6) is 0 Å². The highest BCUT2D eigenvalue weighted by molar-refractivity contribution is 5.94. The summed E-state index contributed by atoms with van der Waals surface area (Å²) in [6, 6.07) is 0. The number of aliphatic carboxylic acids is 2. The molecule has 19 heteroatoms. The first-order valence-electron chi connectivity index (χ1n) is 26.5. The second-order valence-corrected chi connectivity index (χ2v) is 19.4. The molecule has 19 nitrogen and oxygen atoms in total. The molecule has 0 aromatic rings. The Morgan fingerprint density at radius 3 is 0.960 bits per heavy atom. The number of carbonyl (C=O) groups excluding carboxylic acids is 7. The smallest absolute Gasteiger partial charge is 0.334 e. The number of ether oxygens (including phenoxy) is 7. The Morgan fingerprint density at radius 1 is 0.373 bits per heavy atom. The van der Waals surface area contributed by atoms with Crippen LogP contribution in [0, 0.1) is 0 Å². The lowest BCUT2D eigenvalue weighted by atomic mass is 10.1. The lowest BCUT2D eigenvalue weighted by molar-refractivity contribution is -0.158. The molecule has 0 unspecified atom stereocenters. The summed E-state index contributed by atoms with van der Waals surface area (Å²) in [5.41, 5.74) is -1.16. The van der Waals surface area contributed by atoms with Crippen molar-refractivity contribution in [2.75, 3.05) is 39.6 Å². The maximum absolute atomic E-state index is 11.7. The summed E-state index contributed by atoms with van der Waals surface area (Å²) in [5.74, 6) is -6.00. The van der Waals surface area contributed by atoms with E-state index in [0.717, 1.165) is 57.8 Å². The summed E-state index contributed by atoms with van der Waals surface area (Å²) >= 11 is 0. The van der Waals surface area contributed by atoms with Crippen LogP contribution in [0.4, 0.5) is 0 Å². The van der Waals surface area contributed by atoms with Gasteiger partial charge in [0.25, 0.3) is 0 Å². The molecule has 75 heavy (non-hydrogen) atoms. The molecule has 434 valence electrons. The van der Waals surface area contributed by atoms with Gasteiger partial charge in [-0.3, -0.25) is 28.8 Å². The molecule has 0 rings (SSSR count). The van der Waals surface area contributed by atoms with Gasteiger partial charge in [0.2, 0.25) is 0 Å². The minimum Gasteiger partial charge on any atom is -0.481 e. The minimum atomic E-state index is -1.15. The van der Waals surface area contributed by atoms with Crippen molar-refractivity contribution in [1.82, 2.24) is 0 Å². The number of unbranched alkanes of at least 4 members (excludes halogenated alkanes) is 15. The fourth-order valence-electron chi connectivity index (χ4n) is 5.64. The van der Waals surface area contributed by atoms with Gasteiger partial charge in [0.05, 0.1) is 65.0 Å². The maximum atomic E-state index is 11.7. The van der Waals surface area contributed by atoms with Gasteiger partial charge >= 0.3 is 53.7 Å². The van der Waals surface area contributed by atoms with E-state index in [0.29, 0.717) is 19.8 Å². The van der Waals surface area contributed by atoms with Crippen molar-refractivity contribution in [3.63, 3.8) is 0 Å². The predicted octanol–water partition coefficient (Wildman–Crippen LogP) is 10.6. The van der Waals surface area contributed by atoms with Crippen molar-refractivity contribution in [3.8, 4) is 0 Å². The van der Waals surface area contributed by atoms with Crippen LogP contribution in [-0.2, 0) is 76.3 Å². The first kappa shape index (κ1) is 75.9. The molecule has 0 spiro atoms. The van der Waals surface area contributed by atoms with E-state index in [2.05, 4.69) is 45.2 Å². The fraction of sp³-hybridized carbons (Fsp3) is 0.732. The number of aliphatic hydroxyl groups is 1. The van der Waals surface area contributed by atoms with Crippen molar-refractivity contribution in [1.29, 1.82) is 0 Å². The third-order valence-corrected chi connectivity index (χ3v) is 9.48. The molecule has 0 radical (unpaired) electrons. The molecule has 0 heterocycles. The number of carboxylic acid groups (broad SMARTS) is 2. The van der Waals surface area contributed by atoms with E-state index in [4.69, 9.17) is 43.7 Å². The molecule has 0 saturated carbocycles. The lowest BCUT2D eigenvalue weighted by Gasteiger charge is -2.19. The van der Waals surface area contributed by atoms with Gasteiger partial charge in [-0.05, 0) is 60.8 Å². The van der Waals surface area contributed by atoms with Crippen LogP contribution in [0.3, 0.4) is 0 Å². The molecule has 0 bridgehead atoms. The van der Waals surface area contributed by atoms with Gasteiger partial charge < -0.3 is 48.5 Å². The summed E-state index contributed by atoms with van der Waals surface area (Å²) in [4.78, 5) is 100. The Balaban J connectivity index is -0.000000469. The SMILES string of the molecule is C=C(CC(=O)OCCCCCCCC)C(=O)O.C=C(CC(=O)OCCCCCCCC)C(=O)OCCC(=O)O.C=C(CC(=O)OCCCCCCCC)C(=O)OCCC(=O)OC(C)(C)C.CC(C)(C)OC(=O)CCO. The highest BCUT2D eigenvalue weighted by Gasteiger charge is 2.19. The van der Waals surface area contributed by atoms with Crippen molar-refractivity contribution in [2.24, 2.45) is 0 Å². The first-order valence-corrected chi connectivity index (χ1v) is 26.5. The summed E-state index contributed by atoms with van der Waals surface area (Å²) in [6.45, 7) is 28.0. The Labute approximate surface area is 447 Å². The topological polar surface area (TPSA) is 279 Å². The largest absolute Gasteiger partial charge is 0.481 e. The van der Waals surface area contributed by atoms with E-state index < -0.39 is 59.0 Å². The Hall–Kier alpha value is -5.59. The second kappa shape index (κ2) is 49.3. The molecular formula is C56H96O19. The monoisotopic (exact) mass is 1070 g/mol. The summed E-state index contributed by atoms with van der Waals surface area (Å²) in [7, 11) is 0. The minimum absolute atomic E-state index is 0.0159. The van der Waals surface area contributed by atoms with Crippen LogP contribution in [0.15, 0.2) is 36.5 Å². The van der Waals surface area contributed by atoms with Crippen LogP contribution < -0.4 is 0 Å². The van der Waals surface area contributed by atoms with Gasteiger partial charge in [-0.25, -0.2) is 14.4 Å². The predicted molar refractivity (Wildman–Crippen MR) is 284 cm³/mol. The zero-order valence-corrected chi connectivity index (χ0v) is 47.2. The number of esters is 7. The van der Waals surface area contributed by atoms with E-state index in [1.807, 2.05) is 0 Å². The molecule has 0 aromatic heterocycles. The van der Waals surface area contributed by atoms with Crippen molar-refractivity contribution in [2.45, 2.75) is 228 Å². The third-order valence-electron chi connectivity index (χ3n) is 9.48. The Bertz CT molecular complexity index is 1670. The van der Waals surface area contributed by atoms with E-state index in [1.165, 1.54) is 57.8 Å². The maximum Gasteiger partial charge on any atom is 0.334 e. The molecular weight excluding hydrogens is 977 g/mol. The summed E-state index contributed by atoms with van der Waals surface area (Å²) in [6.07, 6.45) is 19.0. The van der Waals surface area contributed by atoms with Crippen LogP contribution in [0.2, 0.25) is 0 Å². The lowest BCUT2D eigenvalue weighted by Crippen LogP contribution is -2.25. The average molecular weight is 1070 g/mol. The first-order chi connectivity index (χ1) is 35.2. The van der Waals surface area contributed by atoms with Crippen molar-refractivity contribution < 1.29 is 91.6 Å². The van der Waals surface area contributed by atoms with Gasteiger partial charge in [0.15, 0.2) is 0 Å². The van der Waals surface area contributed by atoms with Crippen molar-refractivity contribution >= 4 is 53.7 Å². The van der Waals surface area contributed by atoms with E-state index in [9.17, 15) is 43.2 Å². The van der Waals surface area contributed by atoms with Gasteiger partial charge in [0.1, 0.15) is 24.4 Å². The zero-order chi connectivity index (χ0) is 58.1. The third kappa shape index (κ3) is 60.9. The number of hydrogen-bond donors (Lipinski definition) is 3. The highest BCUT2D eigenvalue weighted by atomic mass is 16.6. The Morgan fingerprint density at radius 2 is 0.667 bits per heavy atom. The quantitative estimate of drug-likeness (QED) is 0.0224. The van der Waals surface area contributed by atoms with E-state index in [-0.39, 0.29) is 81.0 Å². The number of hydrogen-bond acceptors (Lipinski definition) is 17. The molecule has 3 N–H and O–H groups in total. The normalized spacial score (nSPS) is 10.5. The number of rotatable bonds is 38. The molecule has 0 saturated heterocycles. The van der Waals surface area contributed by atoms with Crippen LogP contribution in [0.1, 0.15) is 216 Å². The molecule has 0 atom stereocenters. The number of carboxylic acids is 2. The number of carbonyl (C=O) groups is 9. The fourth-order valence-corrected chi connectivity index (χ4v) is 5.64. The molecule has 0 aliphatic rings. The van der Waals surface area contributed by atoms with Crippen molar-refractivity contribution in [3.05, 3.63) is 36.5 Å². The molecule has 0 fully saturated rings.